The SMILES string of the molecule is COc1ccc(-c2noc(CSc3nc4c(cc3C#N)CCCC4)n2)cc1OC. The van der Waals surface area contributed by atoms with Gasteiger partial charge < -0.3 is 14.0 Å². The third-order valence-corrected chi connectivity index (χ3v) is 5.80. The number of nitriles is 1. The van der Waals surface area contributed by atoms with E-state index in [0.29, 0.717) is 34.5 Å². The maximum atomic E-state index is 9.49. The van der Waals surface area contributed by atoms with Gasteiger partial charge in [-0.3, -0.25) is 0 Å². The molecule has 0 fully saturated rings. The molecule has 7 nitrogen and oxygen atoms in total. The first-order valence-electron chi connectivity index (χ1n) is 9.32. The van der Waals surface area contributed by atoms with Gasteiger partial charge in [-0.1, -0.05) is 16.9 Å². The Morgan fingerprint density at radius 2 is 1.93 bits per heavy atom. The second-order valence-electron chi connectivity index (χ2n) is 6.64. The van der Waals surface area contributed by atoms with Crippen molar-refractivity contribution in [3.8, 4) is 29.0 Å². The molecule has 3 aromatic rings. The van der Waals surface area contributed by atoms with Crippen molar-refractivity contribution < 1.29 is 14.0 Å². The van der Waals surface area contributed by atoms with E-state index >= 15 is 0 Å². The van der Waals surface area contributed by atoms with Crippen molar-refractivity contribution in [2.45, 2.75) is 36.5 Å². The number of benzene rings is 1. The van der Waals surface area contributed by atoms with Gasteiger partial charge in [-0.05, 0) is 55.5 Å². The molecule has 2 aromatic heterocycles. The van der Waals surface area contributed by atoms with Crippen LogP contribution in [0, 0.1) is 11.3 Å². The lowest BCUT2D eigenvalue weighted by Gasteiger charge is -2.16. The Bertz CT molecular complexity index is 1070. The molecule has 29 heavy (non-hydrogen) atoms. The fourth-order valence-corrected chi connectivity index (χ4v) is 4.15. The van der Waals surface area contributed by atoms with E-state index in [0.717, 1.165) is 42.0 Å². The molecular weight excluding hydrogens is 388 g/mol. The lowest BCUT2D eigenvalue weighted by Crippen LogP contribution is -2.07. The first-order chi connectivity index (χ1) is 14.2. The van der Waals surface area contributed by atoms with Crippen LogP contribution in [0.4, 0.5) is 0 Å². The second kappa shape index (κ2) is 8.53. The Morgan fingerprint density at radius 1 is 1.10 bits per heavy atom. The molecule has 0 atom stereocenters. The van der Waals surface area contributed by atoms with Gasteiger partial charge in [-0.2, -0.15) is 10.2 Å². The second-order valence-corrected chi connectivity index (χ2v) is 7.60. The molecular formula is C21H20N4O3S. The van der Waals surface area contributed by atoms with Gasteiger partial charge in [0.2, 0.25) is 11.7 Å². The number of thioether (sulfide) groups is 1. The molecule has 0 bridgehead atoms. The number of methoxy groups -OCH3 is 2. The number of aromatic nitrogens is 3. The maximum absolute atomic E-state index is 9.49. The molecule has 0 radical (unpaired) electrons. The Balaban J connectivity index is 1.51. The predicted molar refractivity (Wildman–Crippen MR) is 108 cm³/mol. The van der Waals surface area contributed by atoms with Gasteiger partial charge >= 0.3 is 0 Å². The molecule has 0 saturated carbocycles. The normalized spacial score (nSPS) is 12.9. The van der Waals surface area contributed by atoms with Crippen molar-refractivity contribution in [3.05, 3.63) is 47.0 Å². The highest BCUT2D eigenvalue weighted by Gasteiger charge is 2.17. The van der Waals surface area contributed by atoms with Gasteiger partial charge in [0.15, 0.2) is 11.5 Å². The van der Waals surface area contributed by atoms with Crippen molar-refractivity contribution in [2.75, 3.05) is 14.2 Å². The van der Waals surface area contributed by atoms with Crippen molar-refractivity contribution in [3.63, 3.8) is 0 Å². The first kappa shape index (κ1) is 19.3. The average molecular weight is 408 g/mol. The molecule has 2 heterocycles. The van der Waals surface area contributed by atoms with E-state index in [9.17, 15) is 5.26 Å². The van der Waals surface area contributed by atoms with E-state index in [1.807, 2.05) is 12.1 Å². The summed E-state index contributed by atoms with van der Waals surface area (Å²) < 4.78 is 16.0. The number of fused-ring (bicyclic) bond motifs is 1. The Kier molecular flexibility index (Phi) is 5.67. The van der Waals surface area contributed by atoms with Crippen LogP contribution in [-0.2, 0) is 18.6 Å². The lowest BCUT2D eigenvalue weighted by atomic mass is 9.95. The van der Waals surface area contributed by atoms with Crippen LogP contribution in [0.1, 0.15) is 35.6 Å². The van der Waals surface area contributed by atoms with E-state index in [1.54, 1.807) is 26.4 Å². The molecule has 8 heteroatoms. The number of aryl methyl sites for hydroxylation is 2. The van der Waals surface area contributed by atoms with Gasteiger partial charge in [-0.15, -0.1) is 0 Å². The quantitative estimate of drug-likeness (QED) is 0.560. The molecule has 0 saturated heterocycles. The number of nitrogens with zero attached hydrogens (tertiary/aromatic N) is 4. The minimum Gasteiger partial charge on any atom is -0.493 e. The zero-order chi connectivity index (χ0) is 20.2. The summed E-state index contributed by atoms with van der Waals surface area (Å²) in [6.07, 6.45) is 4.28. The van der Waals surface area contributed by atoms with Crippen LogP contribution in [0.3, 0.4) is 0 Å². The van der Waals surface area contributed by atoms with Gasteiger partial charge in [-0.25, -0.2) is 4.98 Å². The van der Waals surface area contributed by atoms with Gasteiger partial charge in [0, 0.05) is 11.3 Å². The number of hydrogen-bond donors (Lipinski definition) is 0. The third kappa shape index (κ3) is 4.05. The summed E-state index contributed by atoms with van der Waals surface area (Å²) in [5, 5.41) is 14.3. The molecule has 0 unspecified atom stereocenters. The molecule has 1 aliphatic rings. The van der Waals surface area contributed by atoms with Crippen LogP contribution in [0.5, 0.6) is 11.5 Å². The minimum absolute atomic E-state index is 0.445. The van der Waals surface area contributed by atoms with E-state index < -0.39 is 0 Å². The molecule has 1 aliphatic carbocycles. The highest BCUT2D eigenvalue weighted by molar-refractivity contribution is 7.98. The fourth-order valence-electron chi connectivity index (χ4n) is 3.34. The van der Waals surface area contributed by atoms with Crippen LogP contribution in [0.2, 0.25) is 0 Å². The van der Waals surface area contributed by atoms with E-state index in [1.165, 1.54) is 17.3 Å². The molecule has 0 N–H and O–H groups in total. The standard InChI is InChI=1S/C21H20N4O3S/c1-26-17-8-7-14(10-18(17)27-2)20-24-19(28-25-20)12-29-21-15(11-22)9-13-5-3-4-6-16(13)23-21/h7-10H,3-6,12H2,1-2H3. The third-order valence-electron chi connectivity index (χ3n) is 4.83. The highest BCUT2D eigenvalue weighted by atomic mass is 32.2. The summed E-state index contributed by atoms with van der Waals surface area (Å²) in [6.45, 7) is 0. The summed E-state index contributed by atoms with van der Waals surface area (Å²) in [5.74, 6) is 2.63. The maximum Gasteiger partial charge on any atom is 0.237 e. The monoisotopic (exact) mass is 408 g/mol. The van der Waals surface area contributed by atoms with Crippen LogP contribution >= 0.6 is 11.8 Å². The average Bonchev–Trinajstić information content (AvgIpc) is 3.25. The highest BCUT2D eigenvalue weighted by Crippen LogP contribution is 2.32. The largest absolute Gasteiger partial charge is 0.493 e. The van der Waals surface area contributed by atoms with Crippen LogP contribution in [0.15, 0.2) is 33.8 Å². The zero-order valence-electron chi connectivity index (χ0n) is 16.3. The van der Waals surface area contributed by atoms with Crippen molar-refractivity contribution >= 4 is 11.8 Å². The summed E-state index contributed by atoms with van der Waals surface area (Å²) in [4.78, 5) is 9.19. The molecule has 148 valence electrons. The number of ether oxygens (including phenoxy) is 2. The zero-order valence-corrected chi connectivity index (χ0v) is 17.1. The Hall–Kier alpha value is -3.05. The summed E-state index contributed by atoms with van der Waals surface area (Å²) in [5.41, 5.74) is 3.68. The van der Waals surface area contributed by atoms with E-state index in [2.05, 4.69) is 16.2 Å². The minimum atomic E-state index is 0.445. The summed E-state index contributed by atoms with van der Waals surface area (Å²) >= 11 is 1.45. The lowest BCUT2D eigenvalue weighted by molar-refractivity contribution is 0.355. The van der Waals surface area contributed by atoms with E-state index in [4.69, 9.17) is 19.0 Å². The number of hydrogen-bond acceptors (Lipinski definition) is 8. The number of rotatable bonds is 6. The smallest absolute Gasteiger partial charge is 0.237 e. The van der Waals surface area contributed by atoms with Crippen molar-refractivity contribution in [1.82, 2.24) is 15.1 Å². The molecule has 0 aliphatic heterocycles. The summed E-state index contributed by atoms with van der Waals surface area (Å²) in [6, 6.07) is 9.69. The van der Waals surface area contributed by atoms with Crippen LogP contribution in [-0.4, -0.2) is 29.3 Å². The van der Waals surface area contributed by atoms with E-state index in [-0.39, 0.29) is 0 Å². The molecule has 4 rings (SSSR count). The van der Waals surface area contributed by atoms with Gasteiger partial charge in [0.05, 0.1) is 25.5 Å². The number of pyridine rings is 1. The van der Waals surface area contributed by atoms with Crippen molar-refractivity contribution in [1.29, 1.82) is 5.26 Å². The topological polar surface area (TPSA) is 94.1 Å². The Morgan fingerprint density at radius 3 is 2.72 bits per heavy atom. The predicted octanol–water partition coefficient (Wildman–Crippen LogP) is 4.19. The molecule has 1 aromatic carbocycles. The molecule has 0 spiro atoms. The van der Waals surface area contributed by atoms with Crippen molar-refractivity contribution in [2.24, 2.45) is 0 Å². The Labute approximate surface area is 173 Å². The summed E-state index contributed by atoms with van der Waals surface area (Å²) in [7, 11) is 3.17. The fraction of sp³-hybridized carbons (Fsp3) is 0.333. The molecule has 0 amide bonds. The van der Waals surface area contributed by atoms with Crippen LogP contribution < -0.4 is 9.47 Å². The van der Waals surface area contributed by atoms with Crippen LogP contribution in [0.25, 0.3) is 11.4 Å². The first-order valence-corrected chi connectivity index (χ1v) is 10.3. The van der Waals surface area contributed by atoms with Gasteiger partial charge in [0.1, 0.15) is 11.1 Å². The van der Waals surface area contributed by atoms with Gasteiger partial charge in [0.25, 0.3) is 0 Å².